The normalized spacial score (nSPS) is 11.5. The summed E-state index contributed by atoms with van der Waals surface area (Å²) < 4.78 is 3.87. The first-order chi connectivity index (χ1) is 30.7. The first kappa shape index (κ1) is 36.3. The van der Waals surface area contributed by atoms with Crippen molar-refractivity contribution < 1.29 is 0 Å². The highest BCUT2D eigenvalue weighted by Crippen LogP contribution is 2.52. The van der Waals surface area contributed by atoms with E-state index in [1.54, 1.807) is 0 Å². The van der Waals surface area contributed by atoms with Gasteiger partial charge in [-0.1, -0.05) is 194 Å². The number of nitrogens with zero attached hydrogens (tertiary/aromatic N) is 3. The number of aromatic nitrogens is 3. The lowest BCUT2D eigenvalue weighted by Crippen LogP contribution is -1.95. The summed E-state index contributed by atoms with van der Waals surface area (Å²) in [5.41, 5.74) is 14.0. The molecule has 5 heteroatoms. The minimum atomic E-state index is 0.712. The maximum Gasteiger partial charge on any atom is 0.160 e. The van der Waals surface area contributed by atoms with Crippen LogP contribution in [-0.4, -0.2) is 15.0 Å². The summed E-state index contributed by atoms with van der Waals surface area (Å²) in [7, 11) is 0. The number of fused-ring (bicyclic) bond motifs is 6. The zero-order chi connectivity index (χ0) is 41.0. The van der Waals surface area contributed by atoms with Gasteiger partial charge in [0.2, 0.25) is 0 Å². The molecule has 0 spiro atoms. The van der Waals surface area contributed by atoms with Gasteiger partial charge in [0.25, 0.3) is 0 Å². The second kappa shape index (κ2) is 15.2. The highest BCUT2D eigenvalue weighted by Gasteiger charge is 2.24. The Kier molecular flexibility index (Phi) is 8.87. The van der Waals surface area contributed by atoms with E-state index in [1.807, 2.05) is 59.1 Å². The van der Waals surface area contributed by atoms with Crippen molar-refractivity contribution in [1.29, 1.82) is 0 Å². The molecule has 290 valence electrons. The molecule has 0 fully saturated rings. The number of benzene rings is 8. The van der Waals surface area contributed by atoms with Gasteiger partial charge < -0.3 is 0 Å². The summed E-state index contributed by atoms with van der Waals surface area (Å²) in [4.78, 5) is 16.7. The summed E-state index contributed by atoms with van der Waals surface area (Å²) in [6.07, 6.45) is 0. The Hall–Kier alpha value is -7.57. The smallest absolute Gasteiger partial charge is 0.160 e. The number of hydrogen-bond acceptors (Lipinski definition) is 5. The van der Waals surface area contributed by atoms with E-state index in [4.69, 9.17) is 15.0 Å². The first-order valence-corrected chi connectivity index (χ1v) is 22.4. The topological polar surface area (TPSA) is 38.7 Å². The molecule has 0 amide bonds. The quantitative estimate of drug-likeness (QED) is 0.161. The molecule has 0 aliphatic heterocycles. The average molecular weight is 826 g/mol. The van der Waals surface area contributed by atoms with Gasteiger partial charge in [0.1, 0.15) is 0 Å². The van der Waals surface area contributed by atoms with Gasteiger partial charge in [-0.3, -0.25) is 0 Å². The van der Waals surface area contributed by atoms with Crippen LogP contribution in [0.5, 0.6) is 0 Å². The number of thiophene rings is 2. The van der Waals surface area contributed by atoms with Crippen LogP contribution in [0.2, 0.25) is 0 Å². The monoisotopic (exact) mass is 825 g/mol. The summed E-state index contributed by atoms with van der Waals surface area (Å²) in [5.74, 6) is 0.712. The van der Waals surface area contributed by atoms with E-state index in [2.05, 4.69) is 176 Å². The van der Waals surface area contributed by atoms with Crippen molar-refractivity contribution in [3.05, 3.63) is 212 Å². The molecule has 0 saturated carbocycles. The molecule has 62 heavy (non-hydrogen) atoms. The molecular formula is C57H35N3S2. The van der Waals surface area contributed by atoms with Crippen LogP contribution >= 0.6 is 22.7 Å². The fourth-order valence-electron chi connectivity index (χ4n) is 8.71. The molecule has 4 heterocycles. The molecule has 0 unspecified atom stereocenters. The first-order valence-electron chi connectivity index (χ1n) is 20.8. The molecule has 0 bridgehead atoms. The molecule has 0 saturated heterocycles. The number of rotatable bonds is 7. The number of hydrogen-bond donors (Lipinski definition) is 0. The zero-order valence-electron chi connectivity index (χ0n) is 33.4. The minimum Gasteiger partial charge on any atom is -0.247 e. The third-order valence-corrected chi connectivity index (χ3v) is 14.2. The summed E-state index contributed by atoms with van der Waals surface area (Å²) in [5, 5.41) is 4.97. The van der Waals surface area contributed by atoms with Crippen LogP contribution < -0.4 is 0 Å². The van der Waals surface area contributed by atoms with E-state index < -0.39 is 0 Å². The molecule has 8 aromatic carbocycles. The average Bonchev–Trinajstić information content (AvgIpc) is 3.95. The van der Waals surface area contributed by atoms with E-state index in [1.165, 1.54) is 57.2 Å². The second-order valence-corrected chi connectivity index (χ2v) is 17.6. The molecule has 12 aromatic rings. The van der Waals surface area contributed by atoms with Crippen molar-refractivity contribution in [2.24, 2.45) is 0 Å². The van der Waals surface area contributed by atoms with Gasteiger partial charge in [0, 0.05) is 73.9 Å². The Labute approximate surface area is 366 Å². The molecular weight excluding hydrogens is 791 g/mol. The second-order valence-electron chi connectivity index (χ2n) is 15.5. The SMILES string of the molecule is c1ccc(-c2cc(-c3ccc(-c4ccc(-c5c(-c6cccc7c6sc6ccccc67)sc6c5c(-c5ccccc5)nc5ccccc56)cc4)cc3)nc(-c3ccccc3)n2)cc1. The number of para-hydroxylation sites is 1. The van der Waals surface area contributed by atoms with Crippen LogP contribution in [0.4, 0.5) is 0 Å². The maximum atomic E-state index is 5.41. The zero-order valence-corrected chi connectivity index (χ0v) is 35.0. The molecule has 0 radical (unpaired) electrons. The van der Waals surface area contributed by atoms with Gasteiger partial charge in [-0.25, -0.2) is 15.0 Å². The fourth-order valence-corrected chi connectivity index (χ4v) is 11.4. The lowest BCUT2D eigenvalue weighted by Gasteiger charge is -2.12. The highest BCUT2D eigenvalue weighted by molar-refractivity contribution is 7.28. The van der Waals surface area contributed by atoms with Crippen molar-refractivity contribution in [1.82, 2.24) is 15.0 Å². The predicted octanol–water partition coefficient (Wildman–Crippen LogP) is 16.3. The summed E-state index contributed by atoms with van der Waals surface area (Å²) >= 11 is 3.77. The lowest BCUT2D eigenvalue weighted by atomic mass is 9.93. The molecule has 4 aromatic heterocycles. The van der Waals surface area contributed by atoms with E-state index in [0.717, 1.165) is 56.0 Å². The highest BCUT2D eigenvalue weighted by atomic mass is 32.1. The molecule has 0 atom stereocenters. The van der Waals surface area contributed by atoms with Gasteiger partial charge in [-0.05, 0) is 34.9 Å². The van der Waals surface area contributed by atoms with Gasteiger partial charge in [0.05, 0.1) is 22.6 Å². The third kappa shape index (κ3) is 6.29. The molecule has 0 aliphatic rings. The predicted molar refractivity (Wildman–Crippen MR) is 264 cm³/mol. The van der Waals surface area contributed by atoms with Gasteiger partial charge in [0.15, 0.2) is 5.82 Å². The van der Waals surface area contributed by atoms with Crippen LogP contribution in [0.25, 0.3) is 119 Å². The van der Waals surface area contributed by atoms with Crippen molar-refractivity contribution >= 4 is 63.8 Å². The minimum absolute atomic E-state index is 0.712. The van der Waals surface area contributed by atoms with Crippen LogP contribution in [0.1, 0.15) is 0 Å². The van der Waals surface area contributed by atoms with Gasteiger partial charge in [-0.2, -0.15) is 0 Å². The van der Waals surface area contributed by atoms with E-state index >= 15 is 0 Å². The maximum absolute atomic E-state index is 5.41. The molecule has 0 N–H and O–H groups in total. The van der Waals surface area contributed by atoms with Crippen LogP contribution in [-0.2, 0) is 0 Å². The largest absolute Gasteiger partial charge is 0.247 e. The Morgan fingerprint density at radius 3 is 1.56 bits per heavy atom. The van der Waals surface area contributed by atoms with Crippen LogP contribution in [0.15, 0.2) is 212 Å². The molecule has 12 rings (SSSR count). The third-order valence-electron chi connectivity index (χ3n) is 11.7. The Bertz CT molecular complexity index is 3540. The van der Waals surface area contributed by atoms with Crippen LogP contribution in [0, 0.1) is 0 Å². The Morgan fingerprint density at radius 1 is 0.339 bits per heavy atom. The van der Waals surface area contributed by atoms with Crippen LogP contribution in [0.3, 0.4) is 0 Å². The van der Waals surface area contributed by atoms with Crippen molar-refractivity contribution in [3.63, 3.8) is 0 Å². The Balaban J connectivity index is 0.998. The van der Waals surface area contributed by atoms with Crippen molar-refractivity contribution in [2.45, 2.75) is 0 Å². The molecule has 0 aliphatic carbocycles. The van der Waals surface area contributed by atoms with Crippen molar-refractivity contribution in [2.75, 3.05) is 0 Å². The number of pyridine rings is 1. The fraction of sp³-hybridized carbons (Fsp3) is 0. The van der Waals surface area contributed by atoms with Gasteiger partial charge >= 0.3 is 0 Å². The Morgan fingerprint density at radius 2 is 0.871 bits per heavy atom. The van der Waals surface area contributed by atoms with E-state index in [-0.39, 0.29) is 0 Å². The van der Waals surface area contributed by atoms with E-state index in [0.29, 0.717) is 5.82 Å². The summed E-state index contributed by atoms with van der Waals surface area (Å²) in [6, 6.07) is 75.3. The van der Waals surface area contributed by atoms with Gasteiger partial charge in [-0.15, -0.1) is 22.7 Å². The summed E-state index contributed by atoms with van der Waals surface area (Å²) in [6.45, 7) is 0. The standard InChI is InChI=1S/C57H35N3S2/c1-4-15-38(16-5-1)48-35-49(60-57(59-48)42-19-8-3-9-20-42)39-31-27-36(28-32-39)37-29-33-40(34-30-37)51-52-53(41-17-6-2-7-18-41)58-47-25-12-10-22-45(47)55(52)62-56(51)46-24-14-23-44-43-21-11-13-26-50(43)61-54(44)46/h1-35H. The molecule has 3 nitrogen and oxygen atoms in total. The van der Waals surface area contributed by atoms with E-state index in [9.17, 15) is 0 Å². The van der Waals surface area contributed by atoms with Crippen molar-refractivity contribution in [3.8, 4) is 77.9 Å². The lowest BCUT2D eigenvalue weighted by molar-refractivity contribution is 1.18.